The summed E-state index contributed by atoms with van der Waals surface area (Å²) < 4.78 is 11.2. The molecule has 2 aliphatic rings. The van der Waals surface area contributed by atoms with E-state index >= 15 is 0 Å². The summed E-state index contributed by atoms with van der Waals surface area (Å²) in [4.78, 5) is 70.4. The minimum absolute atomic E-state index is 0.0948. The number of amides is 5. The zero-order chi connectivity index (χ0) is 46.2. The molecular weight excluding hydrogens is 813 g/mol. The highest BCUT2D eigenvalue weighted by Gasteiger charge is 2.47. The number of hydrogen-bond donors (Lipinski definition) is 8. The van der Waals surface area contributed by atoms with E-state index in [0.717, 1.165) is 54.4 Å². The van der Waals surface area contributed by atoms with Gasteiger partial charge in [-0.3, -0.25) is 24.0 Å². The number of nitrogens with two attached hydrogens (primary N) is 2. The monoisotopic (exact) mass is 883 g/mol. The second kappa shape index (κ2) is 25.0. The number of nitrogens with zero attached hydrogens (tertiary/aromatic N) is 2. The number of phenols is 1. The molecule has 2 heterocycles. The Balaban J connectivity index is 1.33. The van der Waals surface area contributed by atoms with E-state index in [1.807, 2.05) is 32.0 Å². The Bertz CT molecular complexity index is 1790. The number of aromatic hydroxyl groups is 1. The predicted molar refractivity (Wildman–Crippen MR) is 235 cm³/mol. The first kappa shape index (κ1) is 51.0. The van der Waals surface area contributed by atoms with Gasteiger partial charge in [-0.15, -0.1) is 0 Å². The number of phenolic OH excluding ortho intramolecular Hbond substituents is 1. The average molecular weight is 883 g/mol. The van der Waals surface area contributed by atoms with Gasteiger partial charge in [0.1, 0.15) is 42.2 Å². The Morgan fingerprint density at radius 2 is 1.57 bits per heavy atom. The van der Waals surface area contributed by atoms with Crippen LogP contribution in [0.4, 0.5) is 0 Å². The number of likely N-dealkylation sites (tertiary alicyclic amines) is 1. The molecule has 2 saturated heterocycles. The third kappa shape index (κ3) is 14.4. The zero-order valence-electron chi connectivity index (χ0n) is 37.2. The van der Waals surface area contributed by atoms with Crippen molar-refractivity contribution in [3.05, 3.63) is 64.7 Å². The van der Waals surface area contributed by atoms with Crippen LogP contribution < -0.4 is 22.1 Å². The highest BCUT2D eigenvalue weighted by Crippen LogP contribution is 2.26. The van der Waals surface area contributed by atoms with E-state index in [4.69, 9.17) is 20.9 Å². The second-order valence-corrected chi connectivity index (χ2v) is 17.0. The molecule has 10 N–H and O–H groups in total. The Morgan fingerprint density at radius 3 is 2.24 bits per heavy atom. The molecule has 4 rings (SSSR count). The molecule has 2 aliphatic heterocycles. The predicted octanol–water partition coefficient (Wildman–Crippen LogP) is 1.38. The molecule has 0 radical (unpaired) electrons. The van der Waals surface area contributed by atoms with Gasteiger partial charge in [-0.25, -0.2) is 0 Å². The normalized spacial score (nSPS) is 22.5. The number of hydrogen-bond acceptors (Lipinski definition) is 12. The van der Waals surface area contributed by atoms with Crippen LogP contribution in [-0.2, 0) is 46.3 Å². The Labute approximate surface area is 370 Å². The minimum Gasteiger partial charge on any atom is -0.508 e. The number of likely N-dealkylation sites (N-methyl/N-ethyl adjacent to an activating group) is 1. The summed E-state index contributed by atoms with van der Waals surface area (Å²) in [7, 11) is 1.44. The lowest BCUT2D eigenvalue weighted by molar-refractivity contribution is -0.290. The molecule has 0 saturated carbocycles. The molecule has 0 aliphatic carbocycles. The number of carbonyl (C=O) groups excluding carboxylic acids is 5. The third-order valence-electron chi connectivity index (χ3n) is 12.1. The quantitative estimate of drug-likeness (QED) is 0.0696. The van der Waals surface area contributed by atoms with Crippen molar-refractivity contribution in [3.63, 3.8) is 0 Å². The SMILES string of the molecule is CCCCCCCCO[C@@H]1O[C@H](C(=O)NCCCC[C@@H](C(N)=O)N(C)C(=O)[C@H](Cc2ccccc2)NC(=O)[C@@H]2CCCN2C(=O)[C@@H](N)Cc2c(C)cc(O)cc2C)[C@@H](O)[C@H](O)[C@H]1O. The van der Waals surface area contributed by atoms with Crippen LogP contribution in [0.3, 0.4) is 0 Å². The maximum absolute atomic E-state index is 14.2. The minimum atomic E-state index is -1.70. The lowest BCUT2D eigenvalue weighted by atomic mass is 9.95. The first-order valence-electron chi connectivity index (χ1n) is 22.4. The van der Waals surface area contributed by atoms with Crippen molar-refractivity contribution in [1.82, 2.24) is 20.4 Å². The molecule has 2 fully saturated rings. The highest BCUT2D eigenvalue weighted by atomic mass is 16.7. The number of aliphatic hydroxyl groups is 3. The zero-order valence-corrected chi connectivity index (χ0v) is 37.2. The van der Waals surface area contributed by atoms with Crippen LogP contribution >= 0.6 is 0 Å². The third-order valence-corrected chi connectivity index (χ3v) is 12.1. The van der Waals surface area contributed by atoms with Gasteiger partial charge in [-0.1, -0.05) is 69.4 Å². The van der Waals surface area contributed by atoms with Crippen molar-refractivity contribution in [1.29, 1.82) is 0 Å². The first-order chi connectivity index (χ1) is 30.0. The van der Waals surface area contributed by atoms with Gasteiger partial charge in [0.25, 0.3) is 5.91 Å². The standard InChI is InChI=1S/C46H70N6O11/c1-5-6-7-8-9-15-23-62-46-39(56)37(54)38(55)40(63-46)43(59)49-21-14-13-19-35(41(48)57)51(4)45(61)34(26-30-17-11-10-12-18-30)50-42(58)36-20-16-22-52(36)44(60)33(47)27-32-28(2)24-31(53)25-29(32)3/h10-12,17-18,24-25,33-40,46,53-56H,5-9,13-16,19-23,26-27,47H2,1-4H3,(H2,48,57)(H,49,59)(H,50,58)/t33-,34-,35-,36-,37-,38-,39+,40-,46+/m0/s1. The lowest BCUT2D eigenvalue weighted by Gasteiger charge is -2.39. The van der Waals surface area contributed by atoms with Crippen molar-refractivity contribution >= 4 is 29.5 Å². The van der Waals surface area contributed by atoms with E-state index in [-0.39, 0.29) is 38.2 Å². The van der Waals surface area contributed by atoms with Crippen molar-refractivity contribution in [2.24, 2.45) is 11.5 Å². The smallest absolute Gasteiger partial charge is 0.252 e. The van der Waals surface area contributed by atoms with Gasteiger partial charge in [0.15, 0.2) is 12.4 Å². The molecule has 350 valence electrons. The molecule has 0 spiro atoms. The molecule has 0 bridgehead atoms. The van der Waals surface area contributed by atoms with Gasteiger partial charge in [-0.05, 0) is 93.2 Å². The highest BCUT2D eigenvalue weighted by molar-refractivity contribution is 5.95. The van der Waals surface area contributed by atoms with E-state index in [2.05, 4.69) is 17.6 Å². The molecule has 0 aromatic heterocycles. The van der Waals surface area contributed by atoms with Gasteiger partial charge >= 0.3 is 0 Å². The van der Waals surface area contributed by atoms with Crippen LogP contribution in [0.5, 0.6) is 5.75 Å². The summed E-state index contributed by atoms with van der Waals surface area (Å²) in [6.45, 7) is 6.46. The van der Waals surface area contributed by atoms with Crippen molar-refractivity contribution in [2.45, 2.75) is 159 Å². The number of ether oxygens (including phenoxy) is 2. The number of benzene rings is 2. The Morgan fingerprint density at radius 1 is 0.905 bits per heavy atom. The summed E-state index contributed by atoms with van der Waals surface area (Å²) in [5, 5.41) is 46.9. The summed E-state index contributed by atoms with van der Waals surface area (Å²) in [5.74, 6) is -2.85. The van der Waals surface area contributed by atoms with E-state index in [1.54, 1.807) is 24.3 Å². The molecule has 9 atom stereocenters. The molecule has 2 aromatic rings. The number of nitrogens with one attached hydrogen (secondary N) is 2. The molecule has 17 nitrogen and oxygen atoms in total. The maximum atomic E-state index is 14.2. The lowest BCUT2D eigenvalue weighted by Crippen LogP contribution is -2.62. The van der Waals surface area contributed by atoms with Gasteiger partial charge in [-0.2, -0.15) is 0 Å². The summed E-state index contributed by atoms with van der Waals surface area (Å²) in [6.07, 6.45) is 0.406. The topological polar surface area (TPSA) is 267 Å². The number of unbranched alkanes of at least 4 members (excludes halogenated alkanes) is 6. The van der Waals surface area contributed by atoms with E-state index in [1.165, 1.54) is 16.8 Å². The molecule has 63 heavy (non-hydrogen) atoms. The van der Waals surface area contributed by atoms with Gasteiger partial charge in [0, 0.05) is 33.2 Å². The summed E-state index contributed by atoms with van der Waals surface area (Å²) >= 11 is 0. The number of carbonyl (C=O) groups is 5. The van der Waals surface area contributed by atoms with Crippen molar-refractivity contribution in [2.75, 3.05) is 26.7 Å². The number of aryl methyl sites for hydroxylation is 2. The number of primary amides is 1. The van der Waals surface area contributed by atoms with Crippen LogP contribution in [0.1, 0.15) is 99.8 Å². The Kier molecular flexibility index (Phi) is 20.2. The van der Waals surface area contributed by atoms with Gasteiger partial charge in [0.2, 0.25) is 23.6 Å². The van der Waals surface area contributed by atoms with Gasteiger partial charge < -0.3 is 61.8 Å². The molecule has 2 aromatic carbocycles. The second-order valence-electron chi connectivity index (χ2n) is 17.0. The average Bonchev–Trinajstić information content (AvgIpc) is 3.75. The van der Waals surface area contributed by atoms with Crippen LogP contribution in [0.2, 0.25) is 0 Å². The van der Waals surface area contributed by atoms with Crippen LogP contribution in [0, 0.1) is 13.8 Å². The van der Waals surface area contributed by atoms with E-state index in [0.29, 0.717) is 38.6 Å². The van der Waals surface area contributed by atoms with Crippen molar-refractivity contribution < 1.29 is 53.9 Å². The fourth-order valence-corrected chi connectivity index (χ4v) is 8.42. The molecule has 0 unspecified atom stereocenters. The van der Waals surface area contributed by atoms with E-state index < -0.39 is 84.4 Å². The first-order valence-corrected chi connectivity index (χ1v) is 22.4. The summed E-state index contributed by atoms with van der Waals surface area (Å²) in [6, 6.07) is 8.28. The summed E-state index contributed by atoms with van der Waals surface area (Å²) in [5.41, 5.74) is 15.4. The molecular formula is C46H70N6O11. The maximum Gasteiger partial charge on any atom is 0.252 e. The largest absolute Gasteiger partial charge is 0.508 e. The number of aliphatic hydroxyl groups excluding tert-OH is 3. The van der Waals surface area contributed by atoms with Crippen LogP contribution in [0.25, 0.3) is 0 Å². The fourth-order valence-electron chi connectivity index (χ4n) is 8.42. The van der Waals surface area contributed by atoms with Crippen molar-refractivity contribution in [3.8, 4) is 5.75 Å². The van der Waals surface area contributed by atoms with Crippen LogP contribution in [0.15, 0.2) is 42.5 Å². The molecule has 17 heteroatoms. The number of rotatable bonds is 24. The van der Waals surface area contributed by atoms with Crippen LogP contribution in [-0.4, -0.2) is 141 Å². The Hall–Kier alpha value is -4.65. The van der Waals surface area contributed by atoms with Gasteiger partial charge in [0.05, 0.1) is 6.04 Å². The fraction of sp³-hybridized carbons (Fsp3) is 0.630. The molecule has 5 amide bonds. The van der Waals surface area contributed by atoms with E-state index in [9.17, 15) is 44.4 Å².